The van der Waals surface area contributed by atoms with E-state index in [2.05, 4.69) is 0 Å². The molecule has 0 bridgehead atoms. The molecule has 5 nitrogen and oxygen atoms in total. The lowest BCUT2D eigenvalue weighted by atomic mass is 9.94. The van der Waals surface area contributed by atoms with Gasteiger partial charge in [0.05, 0.1) is 18.5 Å². The van der Waals surface area contributed by atoms with E-state index in [-0.39, 0.29) is 19.7 Å². The number of sulfonamides is 1. The van der Waals surface area contributed by atoms with E-state index in [0.29, 0.717) is 12.8 Å². The maximum absolute atomic E-state index is 11.1. The molecule has 0 aromatic rings. The van der Waals surface area contributed by atoms with Crippen molar-refractivity contribution in [1.29, 1.82) is 0 Å². The predicted molar refractivity (Wildman–Crippen MR) is 47.7 cm³/mol. The number of hydrogen-bond donors (Lipinski definition) is 2. The highest BCUT2D eigenvalue weighted by molar-refractivity contribution is 7.88. The molecule has 6 heteroatoms. The Labute approximate surface area is 78.0 Å². The molecule has 1 saturated heterocycles. The molecule has 0 aliphatic carbocycles. The Morgan fingerprint density at radius 2 is 1.85 bits per heavy atom. The van der Waals surface area contributed by atoms with Gasteiger partial charge in [-0.3, -0.25) is 0 Å². The van der Waals surface area contributed by atoms with Crippen LogP contribution < -0.4 is 0 Å². The first-order valence-electron chi connectivity index (χ1n) is 4.16. The molecular weight excluding hydrogens is 194 g/mol. The van der Waals surface area contributed by atoms with Crippen LogP contribution in [0.25, 0.3) is 0 Å². The highest BCUT2D eigenvalue weighted by Gasteiger charge is 2.34. The van der Waals surface area contributed by atoms with Crippen molar-refractivity contribution in [3.05, 3.63) is 0 Å². The fourth-order valence-corrected chi connectivity index (χ4v) is 2.24. The van der Waals surface area contributed by atoms with Gasteiger partial charge in [0, 0.05) is 13.1 Å². The minimum atomic E-state index is -3.14. The van der Waals surface area contributed by atoms with Crippen LogP contribution in [0.4, 0.5) is 0 Å². The zero-order valence-electron chi connectivity index (χ0n) is 7.60. The number of nitrogens with zero attached hydrogens (tertiary/aromatic N) is 1. The molecule has 0 radical (unpaired) electrons. The number of piperidine rings is 1. The molecule has 0 atom stereocenters. The van der Waals surface area contributed by atoms with Crippen molar-refractivity contribution in [2.75, 3.05) is 26.0 Å². The number of rotatable bonds is 2. The smallest absolute Gasteiger partial charge is 0.211 e. The number of aliphatic hydroxyl groups excluding tert-OH is 1. The van der Waals surface area contributed by atoms with Crippen molar-refractivity contribution in [3.8, 4) is 0 Å². The van der Waals surface area contributed by atoms with Gasteiger partial charge in [-0.25, -0.2) is 12.7 Å². The highest BCUT2D eigenvalue weighted by atomic mass is 32.2. The van der Waals surface area contributed by atoms with Crippen LogP contribution in [0.1, 0.15) is 12.8 Å². The second-order valence-corrected chi connectivity index (χ2v) is 5.53. The highest BCUT2D eigenvalue weighted by Crippen LogP contribution is 2.22. The fraction of sp³-hybridized carbons (Fsp3) is 1.00. The van der Waals surface area contributed by atoms with E-state index >= 15 is 0 Å². The Hall–Kier alpha value is -0.170. The van der Waals surface area contributed by atoms with Crippen LogP contribution in [-0.2, 0) is 10.0 Å². The van der Waals surface area contributed by atoms with E-state index in [4.69, 9.17) is 5.11 Å². The van der Waals surface area contributed by atoms with Gasteiger partial charge in [-0.1, -0.05) is 0 Å². The first-order valence-corrected chi connectivity index (χ1v) is 6.01. The van der Waals surface area contributed by atoms with E-state index in [9.17, 15) is 13.5 Å². The summed E-state index contributed by atoms with van der Waals surface area (Å²) in [6, 6.07) is 0. The minimum Gasteiger partial charge on any atom is -0.393 e. The van der Waals surface area contributed by atoms with E-state index < -0.39 is 15.6 Å². The maximum Gasteiger partial charge on any atom is 0.211 e. The lowest BCUT2D eigenvalue weighted by molar-refractivity contribution is -0.0479. The molecule has 2 N–H and O–H groups in total. The molecule has 1 aliphatic heterocycles. The molecule has 13 heavy (non-hydrogen) atoms. The van der Waals surface area contributed by atoms with E-state index in [0.717, 1.165) is 6.26 Å². The lowest BCUT2D eigenvalue weighted by Crippen LogP contribution is -2.48. The zero-order valence-corrected chi connectivity index (χ0v) is 8.42. The quantitative estimate of drug-likeness (QED) is 0.596. The molecule has 1 aliphatic rings. The van der Waals surface area contributed by atoms with Crippen molar-refractivity contribution in [3.63, 3.8) is 0 Å². The third-order valence-electron chi connectivity index (χ3n) is 2.42. The summed E-state index contributed by atoms with van der Waals surface area (Å²) in [5.41, 5.74) is -1.08. The van der Waals surface area contributed by atoms with Crippen molar-refractivity contribution in [2.45, 2.75) is 18.4 Å². The Morgan fingerprint density at radius 3 is 2.15 bits per heavy atom. The summed E-state index contributed by atoms with van der Waals surface area (Å²) in [6.07, 6.45) is 1.75. The van der Waals surface area contributed by atoms with Crippen LogP contribution in [-0.4, -0.2) is 54.5 Å². The van der Waals surface area contributed by atoms with E-state index in [1.807, 2.05) is 0 Å². The van der Waals surface area contributed by atoms with E-state index in [1.165, 1.54) is 4.31 Å². The van der Waals surface area contributed by atoms with Crippen LogP contribution in [0.2, 0.25) is 0 Å². The van der Waals surface area contributed by atoms with Gasteiger partial charge >= 0.3 is 0 Å². The van der Waals surface area contributed by atoms with Gasteiger partial charge in [0.1, 0.15) is 0 Å². The Kier molecular flexibility index (Phi) is 2.96. The van der Waals surface area contributed by atoms with Gasteiger partial charge in [-0.05, 0) is 12.8 Å². The molecule has 1 rings (SSSR count). The SMILES string of the molecule is CS(=O)(=O)N1CCC(O)(CO)CC1. The molecule has 0 aromatic heterocycles. The molecule has 0 spiro atoms. The average Bonchev–Trinajstić information content (AvgIpc) is 2.04. The molecule has 78 valence electrons. The molecular formula is C7H15NO4S. The summed E-state index contributed by atoms with van der Waals surface area (Å²) in [6.45, 7) is 0.274. The number of hydrogen-bond acceptors (Lipinski definition) is 4. The molecule has 0 aromatic carbocycles. The second kappa shape index (κ2) is 3.53. The lowest BCUT2D eigenvalue weighted by Gasteiger charge is -2.35. The summed E-state index contributed by atoms with van der Waals surface area (Å²) in [5.74, 6) is 0. The van der Waals surface area contributed by atoms with Gasteiger partial charge in [0.2, 0.25) is 10.0 Å². The van der Waals surface area contributed by atoms with Gasteiger partial charge in [-0.2, -0.15) is 0 Å². The third kappa shape index (κ3) is 2.63. The summed E-state index contributed by atoms with van der Waals surface area (Å²) < 4.78 is 23.5. The fourth-order valence-electron chi connectivity index (χ4n) is 1.39. The van der Waals surface area contributed by atoms with Crippen molar-refractivity contribution in [1.82, 2.24) is 4.31 Å². The molecule has 0 amide bonds. The van der Waals surface area contributed by atoms with Crippen LogP contribution >= 0.6 is 0 Å². The van der Waals surface area contributed by atoms with Gasteiger partial charge in [0.25, 0.3) is 0 Å². The summed E-state index contributed by atoms with van der Waals surface area (Å²) in [7, 11) is -3.14. The monoisotopic (exact) mass is 209 g/mol. The number of aliphatic hydroxyl groups is 2. The molecule has 0 unspecified atom stereocenters. The Bertz CT molecular complexity index is 266. The first kappa shape index (κ1) is 10.9. The van der Waals surface area contributed by atoms with Gasteiger partial charge in [0.15, 0.2) is 0 Å². The van der Waals surface area contributed by atoms with Gasteiger partial charge < -0.3 is 10.2 Å². The molecule has 0 saturated carbocycles. The minimum absolute atomic E-state index is 0.288. The second-order valence-electron chi connectivity index (χ2n) is 3.54. The van der Waals surface area contributed by atoms with Crippen molar-refractivity contribution >= 4 is 10.0 Å². The summed E-state index contributed by atoms with van der Waals surface area (Å²) in [5, 5.41) is 18.4. The third-order valence-corrected chi connectivity index (χ3v) is 3.72. The van der Waals surface area contributed by atoms with Crippen molar-refractivity contribution in [2.24, 2.45) is 0 Å². The largest absolute Gasteiger partial charge is 0.393 e. The maximum atomic E-state index is 11.1. The zero-order chi connectivity index (χ0) is 10.1. The van der Waals surface area contributed by atoms with Crippen LogP contribution in [0.15, 0.2) is 0 Å². The van der Waals surface area contributed by atoms with Crippen LogP contribution in [0.5, 0.6) is 0 Å². The molecule has 1 heterocycles. The predicted octanol–water partition coefficient (Wildman–Crippen LogP) is -1.23. The Morgan fingerprint density at radius 1 is 1.38 bits per heavy atom. The topological polar surface area (TPSA) is 77.8 Å². The van der Waals surface area contributed by atoms with Crippen LogP contribution in [0, 0.1) is 0 Å². The molecule has 1 fully saturated rings. The summed E-state index contributed by atoms with van der Waals surface area (Å²) >= 11 is 0. The first-order chi connectivity index (χ1) is 5.87. The standard InChI is InChI=1S/C7H15NO4S/c1-13(11,12)8-4-2-7(10,6-9)3-5-8/h9-10H,2-6H2,1H3. The normalized spacial score (nSPS) is 24.5. The van der Waals surface area contributed by atoms with Crippen LogP contribution in [0.3, 0.4) is 0 Å². The van der Waals surface area contributed by atoms with E-state index in [1.54, 1.807) is 0 Å². The van der Waals surface area contributed by atoms with Gasteiger partial charge in [-0.15, -0.1) is 0 Å². The average molecular weight is 209 g/mol. The summed E-state index contributed by atoms with van der Waals surface area (Å²) in [4.78, 5) is 0. The van der Waals surface area contributed by atoms with Crippen molar-refractivity contribution < 1.29 is 18.6 Å². The Balaban J connectivity index is 2.58.